The molecule has 2 fully saturated rings. The highest BCUT2D eigenvalue weighted by atomic mass is 32.2. The van der Waals surface area contributed by atoms with Crippen LogP contribution in [0.5, 0.6) is 0 Å². The van der Waals surface area contributed by atoms with E-state index in [1.54, 1.807) is 0 Å². The first kappa shape index (κ1) is 19.2. The number of ether oxygens (including phenoxy) is 1. The molecule has 0 saturated carbocycles. The van der Waals surface area contributed by atoms with Gasteiger partial charge in [0.25, 0.3) is 0 Å². The third kappa shape index (κ3) is 3.76. The molecule has 26 heavy (non-hydrogen) atoms. The summed E-state index contributed by atoms with van der Waals surface area (Å²) in [6.45, 7) is 8.90. The lowest BCUT2D eigenvalue weighted by atomic mass is 10.1. The highest BCUT2D eigenvalue weighted by Crippen LogP contribution is 2.35. The summed E-state index contributed by atoms with van der Waals surface area (Å²) in [4.78, 5) is 25.8. The Morgan fingerprint density at radius 3 is 2.38 bits per heavy atom. The summed E-state index contributed by atoms with van der Waals surface area (Å²) in [6.07, 6.45) is 3.65. The van der Waals surface area contributed by atoms with Crippen LogP contribution in [0, 0.1) is 6.92 Å². The Morgan fingerprint density at radius 2 is 1.88 bits per heavy atom. The molecule has 0 spiro atoms. The van der Waals surface area contributed by atoms with Crippen molar-refractivity contribution in [3.05, 3.63) is 11.3 Å². The number of fused-ring (bicyclic) bond motifs is 2. The van der Waals surface area contributed by atoms with Crippen molar-refractivity contribution in [3.8, 4) is 0 Å². The zero-order valence-corrected chi connectivity index (χ0v) is 17.0. The molecule has 2 aliphatic heterocycles. The number of hydrogen-bond donors (Lipinski definition) is 1. The van der Waals surface area contributed by atoms with Gasteiger partial charge in [0.1, 0.15) is 11.4 Å². The van der Waals surface area contributed by atoms with Crippen molar-refractivity contribution in [1.29, 1.82) is 0 Å². The van der Waals surface area contributed by atoms with E-state index in [4.69, 9.17) is 4.74 Å². The van der Waals surface area contributed by atoms with Gasteiger partial charge >= 0.3 is 6.09 Å². The second-order valence-electron chi connectivity index (χ2n) is 7.93. The van der Waals surface area contributed by atoms with Crippen molar-refractivity contribution in [3.63, 3.8) is 0 Å². The third-order valence-electron chi connectivity index (χ3n) is 4.90. The van der Waals surface area contributed by atoms with E-state index in [2.05, 4.69) is 14.9 Å². The second kappa shape index (κ2) is 7.23. The summed E-state index contributed by atoms with van der Waals surface area (Å²) < 4.78 is 5.60. The molecule has 3 heterocycles. The minimum atomic E-state index is -0.491. The van der Waals surface area contributed by atoms with E-state index in [1.807, 2.05) is 38.9 Å². The van der Waals surface area contributed by atoms with Crippen molar-refractivity contribution < 1.29 is 14.6 Å². The van der Waals surface area contributed by atoms with E-state index in [-0.39, 0.29) is 24.8 Å². The van der Waals surface area contributed by atoms with Crippen molar-refractivity contribution in [2.24, 2.45) is 0 Å². The van der Waals surface area contributed by atoms with E-state index in [0.29, 0.717) is 18.2 Å². The molecule has 2 unspecified atom stereocenters. The molecule has 2 bridgehead atoms. The number of nitrogens with zero attached hydrogens (tertiary/aromatic N) is 4. The Morgan fingerprint density at radius 1 is 1.27 bits per heavy atom. The van der Waals surface area contributed by atoms with Crippen LogP contribution in [-0.2, 0) is 11.3 Å². The predicted octanol–water partition coefficient (Wildman–Crippen LogP) is 2.59. The van der Waals surface area contributed by atoms with Crippen molar-refractivity contribution in [2.75, 3.05) is 24.2 Å². The lowest BCUT2D eigenvalue weighted by Crippen LogP contribution is -2.57. The van der Waals surface area contributed by atoms with Gasteiger partial charge in [-0.1, -0.05) is 11.8 Å². The van der Waals surface area contributed by atoms with Crippen LogP contribution in [0.4, 0.5) is 10.6 Å². The summed E-state index contributed by atoms with van der Waals surface area (Å²) in [6, 6.07) is 0.228. The molecule has 1 amide bonds. The van der Waals surface area contributed by atoms with Crippen molar-refractivity contribution in [1.82, 2.24) is 14.9 Å². The average molecular weight is 381 g/mol. The maximum atomic E-state index is 12.6. The molecule has 0 aliphatic carbocycles. The van der Waals surface area contributed by atoms with Crippen LogP contribution in [0.25, 0.3) is 0 Å². The molecule has 2 saturated heterocycles. The predicted molar refractivity (Wildman–Crippen MR) is 102 cm³/mol. The zero-order chi connectivity index (χ0) is 19.1. The van der Waals surface area contributed by atoms with Gasteiger partial charge in [0.15, 0.2) is 5.16 Å². The molecular weight excluding hydrogens is 352 g/mol. The number of rotatable bonds is 3. The lowest BCUT2D eigenvalue weighted by Gasteiger charge is -2.42. The van der Waals surface area contributed by atoms with Crippen LogP contribution in [-0.4, -0.2) is 63.1 Å². The Bertz CT molecular complexity index is 678. The largest absolute Gasteiger partial charge is 0.444 e. The molecule has 144 valence electrons. The first-order valence-corrected chi connectivity index (χ1v) is 10.2. The standard InChI is InChI=1S/C18H28N4O3S/c1-11-14(10-23)15(20-16(19-11)26-5)21-8-12-6-7-13(9-21)22(12)17(24)25-18(2,3)4/h12-13,23H,6-10H2,1-5H3. The molecule has 7 nitrogen and oxygen atoms in total. The summed E-state index contributed by atoms with van der Waals surface area (Å²) >= 11 is 1.49. The number of aryl methyl sites for hydroxylation is 1. The van der Waals surface area contributed by atoms with E-state index in [9.17, 15) is 9.90 Å². The summed E-state index contributed by atoms with van der Waals surface area (Å²) in [5.41, 5.74) is 1.09. The van der Waals surface area contributed by atoms with Gasteiger partial charge in [-0.25, -0.2) is 14.8 Å². The minimum absolute atomic E-state index is 0.0859. The van der Waals surface area contributed by atoms with Crippen LogP contribution in [0.1, 0.15) is 44.9 Å². The number of amides is 1. The fraction of sp³-hybridized carbons (Fsp3) is 0.722. The fourth-order valence-electron chi connectivity index (χ4n) is 3.78. The molecule has 0 aromatic carbocycles. The van der Waals surface area contributed by atoms with Gasteiger partial charge < -0.3 is 14.7 Å². The molecule has 8 heteroatoms. The Labute approximate surface area is 159 Å². The van der Waals surface area contributed by atoms with E-state index >= 15 is 0 Å². The number of aliphatic hydroxyl groups is 1. The lowest BCUT2D eigenvalue weighted by molar-refractivity contribution is 0.0122. The average Bonchev–Trinajstić information content (AvgIpc) is 2.83. The summed E-state index contributed by atoms with van der Waals surface area (Å²) in [5.74, 6) is 0.796. The van der Waals surface area contributed by atoms with Gasteiger partial charge in [-0.15, -0.1) is 0 Å². The van der Waals surface area contributed by atoms with Crippen LogP contribution < -0.4 is 4.90 Å². The quantitative estimate of drug-likeness (QED) is 0.638. The first-order valence-electron chi connectivity index (χ1n) is 9.02. The molecule has 3 rings (SSSR count). The molecule has 1 aromatic heterocycles. The van der Waals surface area contributed by atoms with Crippen LogP contribution in [0.15, 0.2) is 5.16 Å². The second-order valence-corrected chi connectivity index (χ2v) is 8.71. The topological polar surface area (TPSA) is 78.8 Å². The van der Waals surface area contributed by atoms with E-state index in [1.165, 1.54) is 11.8 Å². The van der Waals surface area contributed by atoms with Gasteiger partial charge in [-0.05, 0) is 46.8 Å². The van der Waals surface area contributed by atoms with Gasteiger partial charge in [0, 0.05) is 24.3 Å². The monoisotopic (exact) mass is 380 g/mol. The molecule has 2 atom stereocenters. The minimum Gasteiger partial charge on any atom is -0.444 e. The summed E-state index contributed by atoms with van der Waals surface area (Å²) in [7, 11) is 0. The normalized spacial score (nSPS) is 22.7. The van der Waals surface area contributed by atoms with Gasteiger partial charge in [-0.3, -0.25) is 4.90 Å². The number of thioether (sulfide) groups is 1. The van der Waals surface area contributed by atoms with Gasteiger partial charge in [0.2, 0.25) is 0 Å². The maximum absolute atomic E-state index is 12.6. The zero-order valence-electron chi connectivity index (χ0n) is 16.2. The third-order valence-corrected chi connectivity index (χ3v) is 5.45. The van der Waals surface area contributed by atoms with Crippen molar-refractivity contribution in [2.45, 2.75) is 70.0 Å². The van der Waals surface area contributed by atoms with E-state index < -0.39 is 5.60 Å². The number of aromatic nitrogens is 2. The van der Waals surface area contributed by atoms with Crippen LogP contribution in [0.2, 0.25) is 0 Å². The number of carbonyl (C=O) groups is 1. The maximum Gasteiger partial charge on any atom is 0.410 e. The van der Waals surface area contributed by atoms with Crippen molar-refractivity contribution >= 4 is 23.7 Å². The van der Waals surface area contributed by atoms with Crippen LogP contribution >= 0.6 is 11.8 Å². The molecular formula is C18H28N4O3S. The van der Waals surface area contributed by atoms with E-state index in [0.717, 1.165) is 29.9 Å². The highest BCUT2D eigenvalue weighted by Gasteiger charge is 2.45. The highest BCUT2D eigenvalue weighted by molar-refractivity contribution is 7.98. The SMILES string of the molecule is CSc1nc(C)c(CO)c(N2CC3CCC(C2)N3C(=O)OC(C)(C)C)n1. The Hall–Kier alpha value is -1.54. The molecule has 1 N–H and O–H groups in total. The number of piperazine rings is 1. The Balaban J connectivity index is 1.83. The molecule has 0 radical (unpaired) electrons. The fourth-order valence-corrected chi connectivity index (χ4v) is 4.19. The Kier molecular flexibility index (Phi) is 5.35. The van der Waals surface area contributed by atoms with Crippen LogP contribution in [0.3, 0.4) is 0 Å². The number of carbonyl (C=O) groups excluding carboxylic acids is 1. The summed E-state index contributed by atoms with van der Waals surface area (Å²) in [5, 5.41) is 10.5. The molecule has 2 aliphatic rings. The smallest absolute Gasteiger partial charge is 0.410 e. The number of hydrogen-bond acceptors (Lipinski definition) is 7. The number of anilines is 1. The molecule has 1 aromatic rings. The number of aliphatic hydroxyl groups excluding tert-OH is 1. The van der Waals surface area contributed by atoms with Gasteiger partial charge in [-0.2, -0.15) is 0 Å². The first-order chi connectivity index (χ1) is 12.2. The van der Waals surface area contributed by atoms with Gasteiger partial charge in [0.05, 0.1) is 18.7 Å².